The molecule has 0 spiro atoms. The van der Waals surface area contributed by atoms with Crippen LogP contribution in [0.5, 0.6) is 0 Å². The molecule has 0 aliphatic heterocycles. The second-order valence-electron chi connectivity index (χ2n) is 6.96. The van der Waals surface area contributed by atoms with Crippen LogP contribution in [0.4, 0.5) is 0 Å². The summed E-state index contributed by atoms with van der Waals surface area (Å²) in [5.41, 5.74) is 7.15. The fourth-order valence-electron chi connectivity index (χ4n) is 3.42. The molecule has 1 aromatic heterocycles. The van der Waals surface area contributed by atoms with E-state index in [-0.39, 0.29) is 0 Å². The summed E-state index contributed by atoms with van der Waals surface area (Å²) in [6, 6.07) is 18.9. The van der Waals surface area contributed by atoms with Gasteiger partial charge < -0.3 is 4.57 Å². The normalized spacial score (nSPS) is 13.5. The Bertz CT molecular complexity index is 1120. The number of hydrogen-bond donors (Lipinski definition) is 0. The Morgan fingerprint density at radius 1 is 0.862 bits per heavy atom. The van der Waals surface area contributed by atoms with Crippen molar-refractivity contribution < 1.29 is 0 Å². The smallest absolute Gasteiger partial charge is 0.0486 e. The fourth-order valence-corrected chi connectivity index (χ4v) is 3.42. The van der Waals surface area contributed by atoms with Gasteiger partial charge in [-0.05, 0) is 25.5 Å². The van der Waals surface area contributed by atoms with Gasteiger partial charge in [-0.1, -0.05) is 91.1 Å². The predicted molar refractivity (Wildman–Crippen MR) is 128 cm³/mol. The lowest BCUT2D eigenvalue weighted by molar-refractivity contribution is 0.916. The van der Waals surface area contributed by atoms with Crippen LogP contribution in [0.15, 0.2) is 96.0 Å². The first kappa shape index (κ1) is 20.3. The van der Waals surface area contributed by atoms with Gasteiger partial charge in [0.05, 0.1) is 0 Å². The number of aromatic nitrogens is 1. The third-order valence-corrected chi connectivity index (χ3v) is 5.23. The first-order chi connectivity index (χ1) is 14.1. The van der Waals surface area contributed by atoms with Gasteiger partial charge in [-0.2, -0.15) is 0 Å². The van der Waals surface area contributed by atoms with Crippen molar-refractivity contribution in [3.8, 4) is 0 Å². The van der Waals surface area contributed by atoms with Crippen molar-refractivity contribution in [1.29, 1.82) is 0 Å². The highest BCUT2D eigenvalue weighted by Crippen LogP contribution is 2.25. The molecule has 0 unspecified atom stereocenters. The average Bonchev–Trinajstić information content (AvgIpc) is 3.00. The molecule has 0 amide bonds. The van der Waals surface area contributed by atoms with E-state index >= 15 is 0 Å². The zero-order valence-electron chi connectivity index (χ0n) is 17.6. The maximum atomic E-state index is 4.35. The van der Waals surface area contributed by atoms with Crippen LogP contribution in [0, 0.1) is 6.92 Å². The van der Waals surface area contributed by atoms with Crippen LogP contribution >= 0.6 is 0 Å². The lowest BCUT2D eigenvalue weighted by atomic mass is 10.0. The van der Waals surface area contributed by atoms with Crippen molar-refractivity contribution in [2.24, 2.45) is 12.0 Å². The molecule has 0 atom stereocenters. The predicted octanol–water partition coefficient (Wildman–Crippen LogP) is 6.79. The maximum absolute atomic E-state index is 4.35. The highest BCUT2D eigenvalue weighted by molar-refractivity contribution is 6.22. The van der Waals surface area contributed by atoms with E-state index < -0.39 is 0 Å². The summed E-state index contributed by atoms with van der Waals surface area (Å²) in [5, 5.41) is 1.29. The maximum Gasteiger partial charge on any atom is 0.0486 e. The summed E-state index contributed by atoms with van der Waals surface area (Å²) in [4.78, 5) is 4.35. The molecule has 3 rings (SSSR count). The third-order valence-electron chi connectivity index (χ3n) is 5.23. The van der Waals surface area contributed by atoms with Crippen molar-refractivity contribution >= 4 is 28.3 Å². The Labute approximate surface area is 173 Å². The van der Waals surface area contributed by atoms with Crippen molar-refractivity contribution in [2.45, 2.75) is 13.8 Å². The van der Waals surface area contributed by atoms with E-state index in [0.29, 0.717) is 0 Å². The summed E-state index contributed by atoms with van der Waals surface area (Å²) in [6.07, 6.45) is 14.6. The van der Waals surface area contributed by atoms with Gasteiger partial charge in [0, 0.05) is 47.5 Å². The van der Waals surface area contributed by atoms with Gasteiger partial charge >= 0.3 is 0 Å². The van der Waals surface area contributed by atoms with Gasteiger partial charge in [-0.25, -0.2) is 0 Å². The molecule has 0 aliphatic rings. The number of benzene rings is 2. The molecule has 1 heterocycles. The summed E-state index contributed by atoms with van der Waals surface area (Å²) in [7, 11) is 3.95. The largest absolute Gasteiger partial charge is 0.347 e. The number of hydrogen-bond acceptors (Lipinski definition) is 1. The van der Waals surface area contributed by atoms with Crippen molar-refractivity contribution in [3.63, 3.8) is 0 Å². The number of para-hydroxylation sites is 1. The van der Waals surface area contributed by atoms with Crippen LogP contribution in [-0.4, -0.2) is 17.3 Å². The van der Waals surface area contributed by atoms with Crippen LogP contribution < -0.4 is 0 Å². The molecule has 0 bridgehead atoms. The molecule has 0 fully saturated rings. The van der Waals surface area contributed by atoms with Crippen LogP contribution in [0.2, 0.25) is 0 Å². The van der Waals surface area contributed by atoms with Crippen molar-refractivity contribution in [2.75, 3.05) is 7.05 Å². The number of rotatable bonds is 6. The van der Waals surface area contributed by atoms with E-state index in [1.54, 1.807) is 0 Å². The zero-order chi connectivity index (χ0) is 20.6. The molecule has 3 aromatic rings. The van der Waals surface area contributed by atoms with Gasteiger partial charge in [0.1, 0.15) is 0 Å². The highest BCUT2D eigenvalue weighted by Gasteiger charge is 2.07. The molecule has 0 saturated carbocycles. The minimum atomic E-state index is 1.02. The van der Waals surface area contributed by atoms with Crippen LogP contribution in [0.3, 0.4) is 0 Å². The van der Waals surface area contributed by atoms with Gasteiger partial charge in [0.15, 0.2) is 0 Å². The number of allylic oxidation sites excluding steroid dienone is 7. The lowest BCUT2D eigenvalue weighted by Crippen LogP contribution is -1.96. The molecular formula is C27H28N2. The number of nitrogens with zero attached hydrogens (tertiary/aromatic N) is 2. The molecule has 2 aromatic carbocycles. The Morgan fingerprint density at radius 3 is 2.28 bits per heavy atom. The van der Waals surface area contributed by atoms with E-state index in [2.05, 4.69) is 109 Å². The lowest BCUT2D eigenvalue weighted by Gasteiger charge is -2.05. The molecule has 0 N–H and O–H groups in total. The molecular weight excluding hydrogens is 352 g/mol. The minimum Gasteiger partial charge on any atom is -0.347 e. The second-order valence-corrected chi connectivity index (χ2v) is 6.96. The SMILES string of the molecule is CN=C(C)\C(=C/C=C/C=C/C=C/c1c(C)n(C)c2ccccc12)c1ccccc1. The first-order valence-electron chi connectivity index (χ1n) is 9.88. The monoisotopic (exact) mass is 380 g/mol. The summed E-state index contributed by atoms with van der Waals surface area (Å²) < 4.78 is 2.24. The molecule has 2 heteroatoms. The van der Waals surface area contributed by atoms with E-state index in [9.17, 15) is 0 Å². The molecule has 2 nitrogen and oxygen atoms in total. The molecule has 0 saturated heterocycles. The number of aryl methyl sites for hydroxylation is 1. The van der Waals surface area contributed by atoms with E-state index in [1.165, 1.54) is 27.7 Å². The Morgan fingerprint density at radius 2 is 1.52 bits per heavy atom. The third kappa shape index (κ3) is 4.72. The van der Waals surface area contributed by atoms with E-state index in [0.717, 1.165) is 11.3 Å². The average molecular weight is 381 g/mol. The molecule has 0 aliphatic carbocycles. The molecule has 0 radical (unpaired) electrons. The standard InChI is InChI=1S/C27H28N2/c1-21(28-3)24(23-15-9-8-10-16-23)17-11-6-5-7-12-18-25-22(2)29(4)27-20-14-13-19-26(25)27/h5-20H,1-4H3/b7-5+,11-6+,18-12+,24-17+,28-21?. The van der Waals surface area contributed by atoms with Crippen molar-refractivity contribution in [3.05, 3.63) is 108 Å². The Hall–Kier alpha value is -3.39. The van der Waals surface area contributed by atoms with Crippen LogP contribution in [-0.2, 0) is 7.05 Å². The van der Waals surface area contributed by atoms with Gasteiger partial charge in [0.2, 0.25) is 0 Å². The minimum absolute atomic E-state index is 1.02. The summed E-state index contributed by atoms with van der Waals surface area (Å²) >= 11 is 0. The fraction of sp³-hybridized carbons (Fsp3) is 0.148. The second kappa shape index (κ2) is 9.70. The Balaban J connectivity index is 1.74. The first-order valence-corrected chi connectivity index (χ1v) is 9.88. The van der Waals surface area contributed by atoms with E-state index in [4.69, 9.17) is 0 Å². The summed E-state index contributed by atoms with van der Waals surface area (Å²) in [5.74, 6) is 0. The van der Waals surface area contributed by atoms with E-state index in [1.807, 2.05) is 26.1 Å². The number of aliphatic imine (C=N–C) groups is 1. The van der Waals surface area contributed by atoms with Gasteiger partial charge in [-0.3, -0.25) is 4.99 Å². The molecule has 29 heavy (non-hydrogen) atoms. The van der Waals surface area contributed by atoms with Crippen LogP contribution in [0.1, 0.15) is 23.7 Å². The summed E-state index contributed by atoms with van der Waals surface area (Å²) in [6.45, 7) is 4.20. The quantitative estimate of drug-likeness (QED) is 0.331. The van der Waals surface area contributed by atoms with Gasteiger partial charge in [0.25, 0.3) is 0 Å². The van der Waals surface area contributed by atoms with Crippen LogP contribution in [0.25, 0.3) is 22.6 Å². The number of fused-ring (bicyclic) bond motifs is 1. The van der Waals surface area contributed by atoms with Crippen molar-refractivity contribution in [1.82, 2.24) is 4.57 Å². The molecule has 146 valence electrons. The highest BCUT2D eigenvalue weighted by atomic mass is 14.9. The zero-order valence-corrected chi connectivity index (χ0v) is 17.6. The van der Waals surface area contributed by atoms with Gasteiger partial charge in [-0.15, -0.1) is 0 Å². The Kier molecular flexibility index (Phi) is 6.80. The topological polar surface area (TPSA) is 17.3 Å².